The number of amides is 2. The van der Waals surface area contributed by atoms with Crippen molar-refractivity contribution in [3.05, 3.63) is 65.6 Å². The highest BCUT2D eigenvalue weighted by molar-refractivity contribution is 6.09. The highest BCUT2D eigenvalue weighted by atomic mass is 16.7. The third kappa shape index (κ3) is 3.95. The Bertz CT molecular complexity index is 1050. The minimum atomic E-state index is -0.674. The molecule has 162 valence electrons. The molecular formula is C24H27N3O4. The van der Waals surface area contributed by atoms with Crippen LogP contribution in [-0.2, 0) is 30.9 Å². The molecule has 0 fully saturated rings. The molecule has 0 aliphatic carbocycles. The van der Waals surface area contributed by atoms with Crippen LogP contribution in [0.3, 0.4) is 0 Å². The molecule has 4 rings (SSSR count). The van der Waals surface area contributed by atoms with Crippen molar-refractivity contribution in [2.24, 2.45) is 5.92 Å². The van der Waals surface area contributed by atoms with E-state index in [1.807, 2.05) is 50.2 Å². The van der Waals surface area contributed by atoms with E-state index in [1.54, 1.807) is 24.3 Å². The molecule has 2 aromatic rings. The predicted octanol–water partition coefficient (Wildman–Crippen LogP) is 3.56. The maximum Gasteiger partial charge on any atom is 0.236 e. The van der Waals surface area contributed by atoms with E-state index < -0.39 is 5.41 Å². The summed E-state index contributed by atoms with van der Waals surface area (Å²) < 4.78 is 10.8. The van der Waals surface area contributed by atoms with Crippen LogP contribution in [0.2, 0.25) is 0 Å². The van der Waals surface area contributed by atoms with Crippen LogP contribution in [0.4, 0.5) is 17.1 Å². The van der Waals surface area contributed by atoms with E-state index in [2.05, 4.69) is 5.32 Å². The topological polar surface area (TPSA) is 93.9 Å². The molecule has 7 nitrogen and oxygen atoms in total. The van der Waals surface area contributed by atoms with Crippen molar-refractivity contribution in [2.75, 3.05) is 29.8 Å². The molecule has 3 N–H and O–H groups in total. The average molecular weight is 421 g/mol. The number of nitrogen functional groups attached to an aromatic ring is 1. The number of allylic oxidation sites excluding steroid dienone is 1. The van der Waals surface area contributed by atoms with Crippen LogP contribution >= 0.6 is 0 Å². The molecule has 2 heterocycles. The maximum atomic E-state index is 12.9. The van der Waals surface area contributed by atoms with Crippen LogP contribution in [0.25, 0.3) is 0 Å². The molecule has 1 unspecified atom stereocenters. The zero-order valence-electron chi connectivity index (χ0n) is 18.0. The van der Waals surface area contributed by atoms with Gasteiger partial charge in [-0.3, -0.25) is 9.59 Å². The Kier molecular flexibility index (Phi) is 5.35. The van der Waals surface area contributed by atoms with Gasteiger partial charge in [-0.15, -0.1) is 0 Å². The third-order valence-electron chi connectivity index (χ3n) is 5.97. The maximum absolute atomic E-state index is 12.9. The van der Waals surface area contributed by atoms with Crippen molar-refractivity contribution >= 4 is 28.9 Å². The molecule has 2 aliphatic rings. The lowest BCUT2D eigenvalue weighted by atomic mass is 9.85. The van der Waals surface area contributed by atoms with E-state index in [0.717, 1.165) is 16.8 Å². The minimum absolute atomic E-state index is 0.00128. The van der Waals surface area contributed by atoms with Gasteiger partial charge in [-0.1, -0.05) is 30.3 Å². The minimum Gasteiger partial charge on any atom is -0.462 e. The summed E-state index contributed by atoms with van der Waals surface area (Å²) in [5.41, 5.74) is 9.19. The number of carbonyl (C=O) groups excluding carboxylic acids is 2. The molecule has 31 heavy (non-hydrogen) atoms. The smallest absolute Gasteiger partial charge is 0.236 e. The molecule has 7 heteroatoms. The van der Waals surface area contributed by atoms with Gasteiger partial charge < -0.3 is 25.4 Å². The van der Waals surface area contributed by atoms with Gasteiger partial charge in [0.1, 0.15) is 12.0 Å². The molecule has 2 aliphatic heterocycles. The molecule has 2 amide bonds. The standard InChI is InChI=1S/C24H27N3O4/c1-24(2)17-11-19(18(25)12-20(17)27(3)23(24)29)26-22(28)10-16(21-13-30-14-31-21)9-15-7-5-4-6-8-15/h4-8,11-13,16H,9-10,14,25H2,1-3H3,(H,26,28). The summed E-state index contributed by atoms with van der Waals surface area (Å²) in [5.74, 6) is 0.317. The lowest BCUT2D eigenvalue weighted by molar-refractivity contribution is -0.121. The Morgan fingerprint density at radius 2 is 2.00 bits per heavy atom. The molecule has 0 saturated heterocycles. The van der Waals surface area contributed by atoms with Crippen LogP contribution in [0.5, 0.6) is 0 Å². The summed E-state index contributed by atoms with van der Waals surface area (Å²) in [6, 6.07) is 13.5. The number of benzene rings is 2. The number of nitrogens with two attached hydrogens (primary N) is 1. The van der Waals surface area contributed by atoms with Crippen LogP contribution < -0.4 is 16.0 Å². The number of hydrogen-bond acceptors (Lipinski definition) is 5. The highest BCUT2D eigenvalue weighted by Gasteiger charge is 2.42. The third-order valence-corrected chi connectivity index (χ3v) is 5.97. The summed E-state index contributed by atoms with van der Waals surface area (Å²) in [6.07, 6.45) is 2.44. The number of nitrogens with zero attached hydrogens (tertiary/aromatic N) is 1. The van der Waals surface area contributed by atoms with E-state index in [1.165, 1.54) is 0 Å². The van der Waals surface area contributed by atoms with Gasteiger partial charge >= 0.3 is 0 Å². The fourth-order valence-electron chi connectivity index (χ4n) is 4.20. The Labute approximate surface area is 181 Å². The number of fused-ring (bicyclic) bond motifs is 1. The predicted molar refractivity (Wildman–Crippen MR) is 119 cm³/mol. The molecular weight excluding hydrogens is 394 g/mol. The van der Waals surface area contributed by atoms with Gasteiger partial charge in [0, 0.05) is 25.1 Å². The fraction of sp³-hybridized carbons (Fsp3) is 0.333. The van der Waals surface area contributed by atoms with Gasteiger partial charge in [0.15, 0.2) is 0 Å². The van der Waals surface area contributed by atoms with E-state index in [9.17, 15) is 9.59 Å². The van der Waals surface area contributed by atoms with Gasteiger partial charge in [0.05, 0.1) is 16.8 Å². The first-order valence-electron chi connectivity index (χ1n) is 10.3. The second-order valence-electron chi connectivity index (χ2n) is 8.53. The Morgan fingerprint density at radius 1 is 1.26 bits per heavy atom. The van der Waals surface area contributed by atoms with Crippen LogP contribution in [0.1, 0.15) is 31.4 Å². The van der Waals surface area contributed by atoms with Crippen molar-refractivity contribution in [3.63, 3.8) is 0 Å². The molecule has 0 spiro atoms. The van der Waals surface area contributed by atoms with Crippen molar-refractivity contribution in [1.29, 1.82) is 0 Å². The van der Waals surface area contributed by atoms with Crippen LogP contribution in [0, 0.1) is 5.92 Å². The average Bonchev–Trinajstić information content (AvgIpc) is 3.33. The quantitative estimate of drug-likeness (QED) is 0.696. The molecule has 0 saturated carbocycles. The van der Waals surface area contributed by atoms with E-state index in [0.29, 0.717) is 23.6 Å². The van der Waals surface area contributed by atoms with E-state index in [4.69, 9.17) is 15.2 Å². The normalized spacial score (nSPS) is 17.5. The Balaban J connectivity index is 1.53. The first kappa shape index (κ1) is 20.8. The summed E-state index contributed by atoms with van der Waals surface area (Å²) in [6.45, 7) is 3.91. The number of nitrogens with one attached hydrogen (secondary N) is 1. The van der Waals surface area contributed by atoms with Gasteiger partial charge in [-0.25, -0.2) is 0 Å². The molecule has 0 aromatic heterocycles. The van der Waals surface area contributed by atoms with E-state index >= 15 is 0 Å². The summed E-state index contributed by atoms with van der Waals surface area (Å²) in [5, 5.41) is 2.93. The highest BCUT2D eigenvalue weighted by Crippen LogP contribution is 2.44. The summed E-state index contributed by atoms with van der Waals surface area (Å²) in [7, 11) is 1.74. The van der Waals surface area contributed by atoms with Crippen LogP contribution in [0.15, 0.2) is 54.5 Å². The number of hydrogen-bond donors (Lipinski definition) is 2. The second-order valence-corrected chi connectivity index (χ2v) is 8.53. The van der Waals surface area contributed by atoms with Gasteiger partial charge in [0.25, 0.3) is 0 Å². The Hall–Kier alpha value is -3.48. The monoisotopic (exact) mass is 421 g/mol. The number of carbonyl (C=O) groups is 2. The Morgan fingerprint density at radius 3 is 2.68 bits per heavy atom. The molecule has 0 bridgehead atoms. The lowest BCUT2D eigenvalue weighted by Crippen LogP contribution is -2.33. The summed E-state index contributed by atoms with van der Waals surface area (Å²) in [4.78, 5) is 27.1. The first-order valence-corrected chi connectivity index (χ1v) is 10.3. The fourth-order valence-corrected chi connectivity index (χ4v) is 4.20. The van der Waals surface area contributed by atoms with Gasteiger partial charge in [0.2, 0.25) is 18.6 Å². The van der Waals surface area contributed by atoms with Crippen molar-refractivity contribution < 1.29 is 19.1 Å². The first-order chi connectivity index (χ1) is 14.8. The van der Waals surface area contributed by atoms with E-state index in [-0.39, 0.29) is 30.9 Å². The van der Waals surface area contributed by atoms with Crippen molar-refractivity contribution in [2.45, 2.75) is 32.1 Å². The molecule has 0 radical (unpaired) electrons. The molecule has 1 atom stereocenters. The number of rotatable bonds is 6. The summed E-state index contributed by atoms with van der Waals surface area (Å²) >= 11 is 0. The zero-order valence-corrected chi connectivity index (χ0v) is 18.0. The number of ether oxygens (including phenoxy) is 2. The molecule has 2 aromatic carbocycles. The second kappa shape index (κ2) is 7.98. The lowest BCUT2D eigenvalue weighted by Gasteiger charge is -2.19. The van der Waals surface area contributed by atoms with Crippen LogP contribution in [-0.4, -0.2) is 25.7 Å². The van der Waals surface area contributed by atoms with Gasteiger partial charge in [-0.05, 0) is 43.5 Å². The van der Waals surface area contributed by atoms with Crippen molar-refractivity contribution in [3.8, 4) is 0 Å². The number of anilines is 3. The van der Waals surface area contributed by atoms with Crippen molar-refractivity contribution in [1.82, 2.24) is 0 Å². The number of likely N-dealkylation sites (N-methyl/N-ethyl adjacent to an activating group) is 1. The SMILES string of the molecule is CN1C(=O)C(C)(C)c2cc(NC(=O)CC(Cc3ccccc3)C3=COCO3)c(N)cc21. The van der Waals surface area contributed by atoms with Gasteiger partial charge in [-0.2, -0.15) is 0 Å². The largest absolute Gasteiger partial charge is 0.462 e. The zero-order chi connectivity index (χ0) is 22.2.